The Bertz CT molecular complexity index is 1680. The zero-order valence-corrected chi connectivity index (χ0v) is 31.6. The molecule has 13 heteroatoms. The van der Waals surface area contributed by atoms with Gasteiger partial charge in [-0.1, -0.05) is 81.1 Å². The summed E-state index contributed by atoms with van der Waals surface area (Å²) in [5.41, 5.74) is 1.76. The quantitative estimate of drug-likeness (QED) is 0.389. The topological polar surface area (TPSA) is 148 Å². The zero-order valence-electron chi connectivity index (χ0n) is 31.6. The fourth-order valence-corrected chi connectivity index (χ4v) is 7.15. The minimum Gasteiger partial charge on any atom is -0.493 e. The molecule has 2 bridgehead atoms. The number of benzene rings is 2. The number of likely N-dealkylation sites (N-methyl/N-ethyl adjacent to an activating group) is 1. The molecule has 0 unspecified atom stereocenters. The van der Waals surface area contributed by atoms with Crippen molar-refractivity contribution in [3.63, 3.8) is 0 Å². The van der Waals surface area contributed by atoms with E-state index in [2.05, 4.69) is 20.9 Å². The Labute approximate surface area is 312 Å². The lowest BCUT2D eigenvalue weighted by atomic mass is 10.0. The second-order valence-corrected chi connectivity index (χ2v) is 14.5. The highest BCUT2D eigenvalue weighted by Crippen LogP contribution is 2.32. The van der Waals surface area contributed by atoms with Crippen LogP contribution in [0.25, 0.3) is 0 Å². The molecule has 286 valence electrons. The number of carbonyl (C=O) groups excluding carboxylic acids is 4. The summed E-state index contributed by atoms with van der Waals surface area (Å²) in [6, 6.07) is 12.3. The summed E-state index contributed by atoms with van der Waals surface area (Å²) in [7, 11) is 3.16. The molecule has 1 aromatic heterocycles. The third kappa shape index (κ3) is 10.6. The van der Waals surface area contributed by atoms with Crippen LogP contribution >= 0.6 is 0 Å². The zero-order chi connectivity index (χ0) is 37.7. The molecule has 0 radical (unpaired) electrons. The Morgan fingerprint density at radius 2 is 1.66 bits per heavy atom. The van der Waals surface area contributed by atoms with E-state index >= 15 is 0 Å². The van der Waals surface area contributed by atoms with E-state index in [1.807, 2.05) is 50.4 Å². The van der Waals surface area contributed by atoms with Crippen molar-refractivity contribution < 1.29 is 28.7 Å². The number of aryl methyl sites for hydroxylation is 1. The van der Waals surface area contributed by atoms with Crippen molar-refractivity contribution in [3.8, 4) is 11.5 Å². The van der Waals surface area contributed by atoms with E-state index in [-0.39, 0.29) is 41.6 Å². The number of hydrogen-bond donors (Lipinski definition) is 2. The van der Waals surface area contributed by atoms with Crippen LogP contribution < -0.4 is 20.1 Å². The van der Waals surface area contributed by atoms with Gasteiger partial charge in [-0.2, -0.15) is 0 Å². The average Bonchev–Trinajstić information content (AvgIpc) is 3.84. The fraction of sp³-hybridized carbons (Fsp3) is 0.550. The molecule has 3 heterocycles. The number of rotatable bonds is 5. The number of para-hydroxylation sites is 1. The molecule has 13 nitrogen and oxygen atoms in total. The first-order valence-electron chi connectivity index (χ1n) is 19.0. The second-order valence-electron chi connectivity index (χ2n) is 14.5. The molecule has 0 saturated carbocycles. The maximum absolute atomic E-state index is 14.3. The number of aromatic nitrogens is 3. The molecular formula is C40H55N7O6. The number of nitrogens with one attached hydrogen (secondary N) is 2. The van der Waals surface area contributed by atoms with Gasteiger partial charge in [0.25, 0.3) is 5.91 Å². The van der Waals surface area contributed by atoms with Gasteiger partial charge in [-0.3, -0.25) is 23.9 Å². The largest absolute Gasteiger partial charge is 0.493 e. The molecule has 3 aromatic rings. The van der Waals surface area contributed by atoms with Gasteiger partial charge in [0.15, 0.2) is 11.5 Å². The van der Waals surface area contributed by atoms with E-state index in [4.69, 9.17) is 9.47 Å². The highest BCUT2D eigenvalue weighted by Gasteiger charge is 2.41. The molecule has 2 N–H and O–H groups in total. The predicted octanol–water partition coefficient (Wildman–Crippen LogP) is 4.54. The van der Waals surface area contributed by atoms with Crippen molar-refractivity contribution in [3.05, 3.63) is 71.5 Å². The molecule has 1 fully saturated rings. The minimum absolute atomic E-state index is 0.0617. The molecule has 5 rings (SSSR count). The molecule has 53 heavy (non-hydrogen) atoms. The van der Waals surface area contributed by atoms with E-state index in [1.54, 1.807) is 34.8 Å². The molecule has 4 amide bonds. The smallest absolute Gasteiger partial charge is 0.255 e. The number of amides is 4. The summed E-state index contributed by atoms with van der Waals surface area (Å²) in [6.07, 6.45) is 9.60. The van der Waals surface area contributed by atoms with Gasteiger partial charge >= 0.3 is 0 Å². The number of carbonyl (C=O) groups is 4. The van der Waals surface area contributed by atoms with E-state index in [0.29, 0.717) is 50.2 Å². The van der Waals surface area contributed by atoms with Crippen LogP contribution in [-0.4, -0.2) is 93.8 Å². The molecule has 0 spiro atoms. The monoisotopic (exact) mass is 729 g/mol. The van der Waals surface area contributed by atoms with Gasteiger partial charge < -0.3 is 29.9 Å². The first kappa shape index (κ1) is 39.3. The van der Waals surface area contributed by atoms with Gasteiger partial charge in [0.05, 0.1) is 18.9 Å². The second kappa shape index (κ2) is 19.2. The molecule has 1 saturated heterocycles. The minimum atomic E-state index is -0.901. The summed E-state index contributed by atoms with van der Waals surface area (Å²) in [6.45, 7) is 5.66. The molecular weight excluding hydrogens is 674 g/mol. The normalized spacial score (nSPS) is 21.7. The Morgan fingerprint density at radius 3 is 2.42 bits per heavy atom. The molecule has 2 aromatic carbocycles. The average molecular weight is 730 g/mol. The molecule has 3 atom stereocenters. The highest BCUT2D eigenvalue weighted by molar-refractivity contribution is 6.01. The number of fused-ring (bicyclic) bond motifs is 4. The van der Waals surface area contributed by atoms with Crippen molar-refractivity contribution in [2.75, 3.05) is 27.2 Å². The lowest BCUT2D eigenvalue weighted by Gasteiger charge is -2.34. The number of methoxy groups -OCH3 is 1. The number of ether oxygens (including phenoxy) is 2. The van der Waals surface area contributed by atoms with Crippen LogP contribution in [0.5, 0.6) is 11.5 Å². The van der Waals surface area contributed by atoms with Crippen molar-refractivity contribution in [1.82, 2.24) is 35.4 Å². The summed E-state index contributed by atoms with van der Waals surface area (Å²) in [5, 5.41) is 14.6. The van der Waals surface area contributed by atoms with Crippen molar-refractivity contribution in [2.45, 2.75) is 109 Å². The number of hydrogen-bond acceptors (Lipinski definition) is 8. The van der Waals surface area contributed by atoms with Gasteiger partial charge in [-0.15, -0.1) is 5.10 Å². The summed E-state index contributed by atoms with van der Waals surface area (Å²) in [5.74, 6) is -0.666. The van der Waals surface area contributed by atoms with Gasteiger partial charge in [0.1, 0.15) is 30.4 Å². The van der Waals surface area contributed by atoms with Gasteiger partial charge in [-0.05, 0) is 55.7 Å². The summed E-state index contributed by atoms with van der Waals surface area (Å²) in [4.78, 5) is 59.4. The highest BCUT2D eigenvalue weighted by atomic mass is 16.5. The molecule has 2 aliphatic rings. The van der Waals surface area contributed by atoms with Crippen LogP contribution in [0.2, 0.25) is 0 Å². The van der Waals surface area contributed by atoms with Crippen molar-refractivity contribution in [1.29, 1.82) is 0 Å². The summed E-state index contributed by atoms with van der Waals surface area (Å²) >= 11 is 0. The molecule has 0 aliphatic carbocycles. The first-order valence-corrected chi connectivity index (χ1v) is 19.0. The van der Waals surface area contributed by atoms with Gasteiger partial charge in [0, 0.05) is 33.1 Å². The van der Waals surface area contributed by atoms with E-state index in [9.17, 15) is 19.2 Å². The van der Waals surface area contributed by atoms with Gasteiger partial charge in [-0.25, -0.2) is 0 Å². The Balaban J connectivity index is 1.42. The lowest BCUT2D eigenvalue weighted by Crippen LogP contribution is -2.57. The predicted molar refractivity (Wildman–Crippen MR) is 200 cm³/mol. The fourth-order valence-electron chi connectivity index (χ4n) is 7.15. The van der Waals surface area contributed by atoms with Crippen molar-refractivity contribution >= 4 is 23.6 Å². The van der Waals surface area contributed by atoms with Crippen LogP contribution in [0.3, 0.4) is 0 Å². The maximum atomic E-state index is 14.3. The Hall–Kier alpha value is -4.94. The first-order chi connectivity index (χ1) is 25.7. The van der Waals surface area contributed by atoms with Crippen LogP contribution in [0.4, 0.5) is 0 Å². The Morgan fingerprint density at radius 1 is 0.906 bits per heavy atom. The van der Waals surface area contributed by atoms with Crippen LogP contribution in [0.15, 0.2) is 54.7 Å². The third-order valence-electron chi connectivity index (χ3n) is 10.0. The maximum Gasteiger partial charge on any atom is 0.255 e. The SMILES string of the molecule is COc1cccc2c1OCc1cn(nn1)CCCCCCCCNC(=O)[C@H](Cc1ccccc1)N(C)C(=O)[C@H]1CCCN1C(=O)[C@@H](CC(C)C)NC2=O. The van der Waals surface area contributed by atoms with Crippen molar-refractivity contribution in [2.24, 2.45) is 5.92 Å². The van der Waals surface area contributed by atoms with E-state index in [0.717, 1.165) is 50.6 Å². The third-order valence-corrected chi connectivity index (χ3v) is 10.0. The molecule has 2 aliphatic heterocycles. The Kier molecular flexibility index (Phi) is 14.2. The van der Waals surface area contributed by atoms with Crippen LogP contribution in [-0.2, 0) is 34.0 Å². The standard InChI is InChI=1S/C40H55N7O6/c1-28(2)24-32-39(50)47-23-15-19-33(47)40(51)45(3)34(25-29-16-10-9-11-17-29)38(49)41-21-12-7-5-6-8-13-22-46-26-30(43-44-46)27-53-36-31(37(48)42-32)18-14-20-35(36)52-4/h9-11,14,16-18,20,26,28,32-34H,5-8,12-13,15,19,21-25,27H2,1-4H3,(H,41,49)(H,42,48)/t32-,33-,34+/m1/s1. The lowest BCUT2D eigenvalue weighted by molar-refractivity contribution is -0.147. The van der Waals surface area contributed by atoms with Crippen LogP contribution in [0, 0.1) is 5.92 Å². The van der Waals surface area contributed by atoms with E-state index < -0.39 is 24.0 Å². The van der Waals surface area contributed by atoms with E-state index in [1.165, 1.54) is 12.0 Å². The van der Waals surface area contributed by atoms with Gasteiger partial charge in [0.2, 0.25) is 17.7 Å². The summed E-state index contributed by atoms with van der Waals surface area (Å²) < 4.78 is 13.5. The van der Waals surface area contributed by atoms with Crippen LogP contribution in [0.1, 0.15) is 93.3 Å². The number of nitrogens with zero attached hydrogens (tertiary/aromatic N) is 5.